The topological polar surface area (TPSA) is 38.9 Å². The van der Waals surface area contributed by atoms with Gasteiger partial charge in [0.25, 0.3) is 0 Å². The van der Waals surface area contributed by atoms with E-state index in [-0.39, 0.29) is 6.54 Å². The molecule has 2 nitrogen and oxygen atoms in total. The van der Waals surface area contributed by atoms with Crippen molar-refractivity contribution in [2.75, 3.05) is 0 Å². The maximum absolute atomic E-state index is 11.8. The van der Waals surface area contributed by atoms with Crippen molar-refractivity contribution in [1.29, 1.82) is 0 Å². The van der Waals surface area contributed by atoms with E-state index in [1.54, 1.807) is 0 Å². The highest BCUT2D eigenvalue weighted by molar-refractivity contribution is 7.09. The summed E-state index contributed by atoms with van der Waals surface area (Å²) in [6.07, 6.45) is -4.34. The summed E-state index contributed by atoms with van der Waals surface area (Å²) in [7, 11) is 0. The Morgan fingerprint density at radius 2 is 2.18 bits per heavy atom. The second-order valence-electron chi connectivity index (χ2n) is 1.83. The molecule has 0 atom stereocenters. The van der Waals surface area contributed by atoms with Gasteiger partial charge < -0.3 is 5.73 Å². The first kappa shape index (κ1) is 8.48. The molecule has 11 heavy (non-hydrogen) atoms. The summed E-state index contributed by atoms with van der Waals surface area (Å²) in [5, 5.41) is 1.26. The van der Waals surface area contributed by atoms with Crippen molar-refractivity contribution in [1.82, 2.24) is 4.98 Å². The number of rotatable bonds is 1. The minimum Gasteiger partial charge on any atom is -0.325 e. The molecule has 0 spiro atoms. The van der Waals surface area contributed by atoms with Crippen molar-refractivity contribution >= 4 is 11.3 Å². The molecule has 1 aromatic heterocycles. The quantitative estimate of drug-likeness (QED) is 0.716. The average Bonchev–Trinajstić information content (AvgIpc) is 2.32. The zero-order chi connectivity index (χ0) is 8.48. The van der Waals surface area contributed by atoms with Crippen molar-refractivity contribution in [2.45, 2.75) is 12.7 Å². The first-order valence-electron chi connectivity index (χ1n) is 2.75. The second kappa shape index (κ2) is 2.78. The number of halogens is 3. The van der Waals surface area contributed by atoms with Gasteiger partial charge in [-0.1, -0.05) is 0 Å². The average molecular weight is 182 g/mol. The predicted octanol–water partition coefficient (Wildman–Crippen LogP) is 1.62. The lowest BCUT2D eigenvalue weighted by molar-refractivity contribution is -0.140. The monoisotopic (exact) mass is 182 g/mol. The molecule has 0 aliphatic rings. The van der Waals surface area contributed by atoms with Crippen LogP contribution in [0.15, 0.2) is 5.38 Å². The van der Waals surface area contributed by atoms with Gasteiger partial charge in [-0.3, -0.25) is 0 Å². The number of hydrogen-bond acceptors (Lipinski definition) is 3. The van der Waals surface area contributed by atoms with E-state index in [1.165, 1.54) is 0 Å². The summed E-state index contributed by atoms with van der Waals surface area (Å²) in [6.45, 7) is 0.0563. The lowest BCUT2D eigenvalue weighted by Crippen LogP contribution is -2.06. The highest BCUT2D eigenvalue weighted by Gasteiger charge is 2.33. The van der Waals surface area contributed by atoms with E-state index >= 15 is 0 Å². The van der Waals surface area contributed by atoms with E-state index in [1.807, 2.05) is 0 Å². The minimum atomic E-state index is -4.34. The zero-order valence-corrected chi connectivity index (χ0v) is 6.17. The third-order valence-corrected chi connectivity index (χ3v) is 1.89. The van der Waals surface area contributed by atoms with Gasteiger partial charge in [0, 0.05) is 11.9 Å². The van der Waals surface area contributed by atoms with Crippen LogP contribution >= 0.6 is 11.3 Å². The van der Waals surface area contributed by atoms with Gasteiger partial charge in [0.1, 0.15) is 5.01 Å². The summed E-state index contributed by atoms with van der Waals surface area (Å²) in [4.78, 5) is 3.27. The largest absolute Gasteiger partial charge is 0.434 e. The maximum atomic E-state index is 11.8. The van der Waals surface area contributed by atoms with Gasteiger partial charge in [0.15, 0.2) is 5.69 Å². The first-order valence-corrected chi connectivity index (χ1v) is 3.63. The van der Waals surface area contributed by atoms with E-state index < -0.39 is 11.9 Å². The fraction of sp³-hybridized carbons (Fsp3) is 0.400. The van der Waals surface area contributed by atoms with Crippen LogP contribution in [0.1, 0.15) is 10.7 Å². The van der Waals surface area contributed by atoms with Crippen LogP contribution in [0, 0.1) is 0 Å². The summed E-state index contributed by atoms with van der Waals surface area (Å²) in [5.74, 6) is 0. The number of thiazole rings is 1. The fourth-order valence-corrected chi connectivity index (χ4v) is 1.22. The standard InChI is InChI=1S/C5H5F3N2S/c6-5(7,8)3-2-11-4(1-9)10-3/h2H,1,9H2. The van der Waals surface area contributed by atoms with E-state index in [9.17, 15) is 13.2 Å². The minimum absolute atomic E-state index is 0.0563. The van der Waals surface area contributed by atoms with Crippen LogP contribution in [0.5, 0.6) is 0 Å². The van der Waals surface area contributed by atoms with E-state index in [2.05, 4.69) is 4.98 Å². The van der Waals surface area contributed by atoms with Crippen LogP contribution in [-0.2, 0) is 12.7 Å². The molecule has 0 aliphatic heterocycles. The van der Waals surface area contributed by atoms with Crippen LogP contribution < -0.4 is 5.73 Å². The molecule has 0 radical (unpaired) electrons. The number of aromatic nitrogens is 1. The SMILES string of the molecule is NCc1nc(C(F)(F)F)cs1. The molecule has 0 saturated carbocycles. The van der Waals surface area contributed by atoms with Gasteiger partial charge in [0.05, 0.1) is 0 Å². The summed E-state index contributed by atoms with van der Waals surface area (Å²) >= 11 is 0.920. The van der Waals surface area contributed by atoms with Crippen LogP contribution in [0.25, 0.3) is 0 Å². The highest BCUT2D eigenvalue weighted by Crippen LogP contribution is 2.29. The Balaban J connectivity index is 2.89. The number of hydrogen-bond donors (Lipinski definition) is 1. The molecule has 0 bridgehead atoms. The van der Waals surface area contributed by atoms with Crippen molar-refractivity contribution in [2.24, 2.45) is 5.73 Å². The molecule has 1 rings (SSSR count). The molecule has 0 aromatic carbocycles. The number of nitrogens with zero attached hydrogens (tertiary/aromatic N) is 1. The van der Waals surface area contributed by atoms with Crippen LogP contribution in [0.4, 0.5) is 13.2 Å². The Labute approximate surface area is 64.9 Å². The Morgan fingerprint density at radius 1 is 1.55 bits per heavy atom. The van der Waals surface area contributed by atoms with Crippen LogP contribution in [0.3, 0.4) is 0 Å². The summed E-state index contributed by atoms with van der Waals surface area (Å²) in [5.41, 5.74) is 4.23. The summed E-state index contributed by atoms with van der Waals surface area (Å²) < 4.78 is 35.5. The Morgan fingerprint density at radius 3 is 2.45 bits per heavy atom. The van der Waals surface area contributed by atoms with Crippen molar-refractivity contribution in [3.8, 4) is 0 Å². The number of nitrogens with two attached hydrogens (primary N) is 1. The zero-order valence-electron chi connectivity index (χ0n) is 5.35. The lowest BCUT2D eigenvalue weighted by Gasteiger charge is -1.99. The van der Waals surface area contributed by atoms with Gasteiger partial charge in [-0.05, 0) is 0 Å². The molecule has 62 valence electrons. The number of alkyl halides is 3. The van der Waals surface area contributed by atoms with Gasteiger partial charge in [-0.15, -0.1) is 11.3 Å². The Bertz CT molecular complexity index is 242. The normalized spacial score (nSPS) is 12.0. The van der Waals surface area contributed by atoms with Gasteiger partial charge in [-0.25, -0.2) is 4.98 Å². The van der Waals surface area contributed by atoms with Crippen LogP contribution in [-0.4, -0.2) is 4.98 Å². The molecule has 0 saturated heterocycles. The molecule has 1 heterocycles. The maximum Gasteiger partial charge on any atom is 0.434 e. The first-order chi connectivity index (χ1) is 5.04. The Hall–Kier alpha value is -0.620. The molecule has 6 heteroatoms. The van der Waals surface area contributed by atoms with E-state index in [4.69, 9.17) is 5.73 Å². The van der Waals surface area contributed by atoms with Crippen LogP contribution in [0.2, 0.25) is 0 Å². The fourth-order valence-electron chi connectivity index (χ4n) is 0.535. The molecule has 0 amide bonds. The molecule has 2 N–H and O–H groups in total. The molecular formula is C5H5F3N2S. The summed E-state index contributed by atoms with van der Waals surface area (Å²) in [6, 6.07) is 0. The molecule has 0 unspecified atom stereocenters. The van der Waals surface area contributed by atoms with Gasteiger partial charge >= 0.3 is 6.18 Å². The third-order valence-electron chi connectivity index (χ3n) is 1.02. The smallest absolute Gasteiger partial charge is 0.325 e. The van der Waals surface area contributed by atoms with Gasteiger partial charge in [0.2, 0.25) is 0 Å². The lowest BCUT2D eigenvalue weighted by atomic mass is 10.5. The predicted molar refractivity (Wildman–Crippen MR) is 35.0 cm³/mol. The molecular weight excluding hydrogens is 177 g/mol. The third kappa shape index (κ3) is 1.90. The molecule has 0 fully saturated rings. The molecule has 1 aromatic rings. The Kier molecular flexibility index (Phi) is 2.15. The highest BCUT2D eigenvalue weighted by atomic mass is 32.1. The molecule has 0 aliphatic carbocycles. The van der Waals surface area contributed by atoms with Crippen molar-refractivity contribution in [3.63, 3.8) is 0 Å². The van der Waals surface area contributed by atoms with Crippen molar-refractivity contribution < 1.29 is 13.2 Å². The van der Waals surface area contributed by atoms with E-state index in [0.717, 1.165) is 16.7 Å². The van der Waals surface area contributed by atoms with Crippen molar-refractivity contribution in [3.05, 3.63) is 16.1 Å². The van der Waals surface area contributed by atoms with Gasteiger partial charge in [-0.2, -0.15) is 13.2 Å². The van der Waals surface area contributed by atoms with E-state index in [0.29, 0.717) is 5.01 Å². The second-order valence-corrected chi connectivity index (χ2v) is 2.77.